The lowest BCUT2D eigenvalue weighted by molar-refractivity contribution is -0.126. The molecule has 1 aliphatic rings. The van der Waals surface area contributed by atoms with Gasteiger partial charge in [0.2, 0.25) is 5.91 Å². The normalized spacial score (nSPS) is 19.9. The van der Waals surface area contributed by atoms with Crippen molar-refractivity contribution in [1.82, 2.24) is 10.2 Å². The van der Waals surface area contributed by atoms with E-state index in [0.717, 1.165) is 32.4 Å². The van der Waals surface area contributed by atoms with E-state index in [0.29, 0.717) is 24.5 Å². The molecule has 0 aromatic rings. The van der Waals surface area contributed by atoms with Crippen LogP contribution in [0.1, 0.15) is 47.0 Å². The van der Waals surface area contributed by atoms with Gasteiger partial charge in [-0.2, -0.15) is 0 Å². The first-order chi connectivity index (χ1) is 8.93. The highest BCUT2D eigenvalue weighted by Crippen LogP contribution is 2.15. The zero-order valence-corrected chi connectivity index (χ0v) is 13.0. The Morgan fingerprint density at radius 2 is 1.84 bits per heavy atom. The molecule has 0 aliphatic carbocycles. The predicted octanol–water partition coefficient (Wildman–Crippen LogP) is 1.60. The molecule has 1 atom stereocenters. The summed E-state index contributed by atoms with van der Waals surface area (Å²) in [4.78, 5) is 14.7. The van der Waals surface area contributed by atoms with Crippen molar-refractivity contribution >= 4 is 5.91 Å². The second-order valence-electron chi connectivity index (χ2n) is 6.47. The molecule has 0 saturated carbocycles. The summed E-state index contributed by atoms with van der Waals surface area (Å²) in [6.45, 7) is 11.3. The third kappa shape index (κ3) is 5.49. The highest BCUT2D eigenvalue weighted by molar-refractivity contribution is 5.79. The molecule has 0 bridgehead atoms. The number of amides is 1. The third-order valence-electron chi connectivity index (χ3n) is 4.02. The average Bonchev–Trinajstić information content (AvgIpc) is 2.36. The Balaban J connectivity index is 2.37. The molecular formula is C15H31N3O. The Kier molecular flexibility index (Phi) is 6.80. The fourth-order valence-corrected chi connectivity index (χ4v) is 2.76. The van der Waals surface area contributed by atoms with Crippen molar-refractivity contribution in [3.8, 4) is 0 Å². The fourth-order valence-electron chi connectivity index (χ4n) is 2.76. The number of carbonyl (C=O) groups is 1. The number of hydrogen-bond acceptors (Lipinski definition) is 3. The van der Waals surface area contributed by atoms with Crippen LogP contribution >= 0.6 is 0 Å². The lowest BCUT2D eigenvalue weighted by atomic mass is 9.95. The van der Waals surface area contributed by atoms with Gasteiger partial charge in [-0.15, -0.1) is 0 Å². The molecule has 1 unspecified atom stereocenters. The molecule has 0 aromatic carbocycles. The van der Waals surface area contributed by atoms with Gasteiger partial charge < -0.3 is 16.0 Å². The van der Waals surface area contributed by atoms with E-state index in [9.17, 15) is 4.79 Å². The standard InChI is InChI=1S/C15H31N3O/c1-11(2)9-13(10-16)15(19)17-14-5-7-18(8-6-14)12(3)4/h11-14H,5-10,16H2,1-4H3,(H,17,19). The molecule has 1 saturated heterocycles. The van der Waals surface area contributed by atoms with Crippen LogP contribution in [0.5, 0.6) is 0 Å². The van der Waals surface area contributed by atoms with Crippen molar-refractivity contribution in [2.75, 3.05) is 19.6 Å². The number of nitrogens with two attached hydrogens (primary N) is 1. The van der Waals surface area contributed by atoms with Crippen molar-refractivity contribution in [2.24, 2.45) is 17.6 Å². The maximum atomic E-state index is 12.2. The Hall–Kier alpha value is -0.610. The largest absolute Gasteiger partial charge is 0.353 e. The van der Waals surface area contributed by atoms with Crippen molar-refractivity contribution in [3.63, 3.8) is 0 Å². The molecule has 112 valence electrons. The lowest BCUT2D eigenvalue weighted by Crippen LogP contribution is -2.48. The quantitative estimate of drug-likeness (QED) is 0.770. The van der Waals surface area contributed by atoms with Crippen LogP contribution in [0.25, 0.3) is 0 Å². The van der Waals surface area contributed by atoms with Crippen molar-refractivity contribution in [2.45, 2.75) is 59.0 Å². The van der Waals surface area contributed by atoms with E-state index in [-0.39, 0.29) is 11.8 Å². The van der Waals surface area contributed by atoms with Gasteiger partial charge in [0.05, 0.1) is 5.92 Å². The third-order valence-corrected chi connectivity index (χ3v) is 4.02. The molecule has 19 heavy (non-hydrogen) atoms. The summed E-state index contributed by atoms with van der Waals surface area (Å²) < 4.78 is 0. The maximum Gasteiger partial charge on any atom is 0.224 e. The molecule has 1 heterocycles. The number of hydrogen-bond donors (Lipinski definition) is 2. The van der Waals surface area contributed by atoms with Gasteiger partial charge in [-0.25, -0.2) is 0 Å². The van der Waals surface area contributed by atoms with Crippen LogP contribution in [0.4, 0.5) is 0 Å². The van der Waals surface area contributed by atoms with Crippen molar-refractivity contribution in [1.29, 1.82) is 0 Å². The van der Waals surface area contributed by atoms with Gasteiger partial charge in [-0.05, 0) is 39.0 Å². The zero-order chi connectivity index (χ0) is 14.4. The number of nitrogens with one attached hydrogen (secondary N) is 1. The molecule has 0 aromatic heterocycles. The van der Waals surface area contributed by atoms with E-state index in [4.69, 9.17) is 5.73 Å². The number of carbonyl (C=O) groups excluding carboxylic acids is 1. The zero-order valence-electron chi connectivity index (χ0n) is 13.0. The highest BCUT2D eigenvalue weighted by atomic mass is 16.1. The molecule has 1 aliphatic heterocycles. The van der Waals surface area contributed by atoms with Crippen LogP contribution in [0, 0.1) is 11.8 Å². The molecule has 0 spiro atoms. The predicted molar refractivity (Wildman–Crippen MR) is 79.9 cm³/mol. The van der Waals surface area contributed by atoms with Gasteiger partial charge in [-0.3, -0.25) is 4.79 Å². The van der Waals surface area contributed by atoms with E-state index in [2.05, 4.69) is 37.9 Å². The van der Waals surface area contributed by atoms with Crippen LogP contribution in [0.15, 0.2) is 0 Å². The van der Waals surface area contributed by atoms with E-state index in [1.807, 2.05) is 0 Å². The molecular weight excluding hydrogens is 238 g/mol. The van der Waals surface area contributed by atoms with E-state index in [1.54, 1.807) is 0 Å². The average molecular weight is 269 g/mol. The summed E-state index contributed by atoms with van der Waals surface area (Å²) in [5.41, 5.74) is 5.72. The van der Waals surface area contributed by atoms with Gasteiger partial charge >= 0.3 is 0 Å². The summed E-state index contributed by atoms with van der Waals surface area (Å²) >= 11 is 0. The second-order valence-corrected chi connectivity index (χ2v) is 6.47. The number of nitrogens with zero attached hydrogens (tertiary/aromatic N) is 1. The van der Waals surface area contributed by atoms with Crippen LogP contribution in [-0.4, -0.2) is 42.5 Å². The first-order valence-electron chi connectivity index (χ1n) is 7.68. The SMILES string of the molecule is CC(C)CC(CN)C(=O)NC1CCN(C(C)C)CC1. The summed E-state index contributed by atoms with van der Waals surface area (Å²) in [5.74, 6) is 0.643. The number of piperidine rings is 1. The second kappa shape index (κ2) is 7.85. The molecule has 1 fully saturated rings. The molecule has 1 amide bonds. The summed E-state index contributed by atoms with van der Waals surface area (Å²) in [5, 5.41) is 3.19. The van der Waals surface area contributed by atoms with E-state index < -0.39 is 0 Å². The van der Waals surface area contributed by atoms with Gasteiger partial charge in [0, 0.05) is 31.7 Å². The Bertz CT molecular complexity index is 271. The van der Waals surface area contributed by atoms with Crippen LogP contribution < -0.4 is 11.1 Å². The molecule has 4 nitrogen and oxygen atoms in total. The van der Waals surface area contributed by atoms with E-state index in [1.165, 1.54) is 0 Å². The minimum atomic E-state index is -0.0249. The van der Waals surface area contributed by atoms with Crippen molar-refractivity contribution in [3.05, 3.63) is 0 Å². The maximum absolute atomic E-state index is 12.2. The summed E-state index contributed by atoms with van der Waals surface area (Å²) in [6.07, 6.45) is 3.00. The van der Waals surface area contributed by atoms with Crippen LogP contribution in [-0.2, 0) is 4.79 Å². The topological polar surface area (TPSA) is 58.4 Å². The van der Waals surface area contributed by atoms with Crippen LogP contribution in [0.3, 0.4) is 0 Å². The smallest absolute Gasteiger partial charge is 0.224 e. The van der Waals surface area contributed by atoms with Gasteiger partial charge in [0.15, 0.2) is 0 Å². The molecule has 4 heteroatoms. The molecule has 1 rings (SSSR count). The Labute approximate surface area is 118 Å². The minimum absolute atomic E-state index is 0.0249. The van der Waals surface area contributed by atoms with E-state index >= 15 is 0 Å². The Morgan fingerprint density at radius 1 is 1.26 bits per heavy atom. The lowest BCUT2D eigenvalue weighted by Gasteiger charge is -2.35. The van der Waals surface area contributed by atoms with Gasteiger partial charge in [-0.1, -0.05) is 13.8 Å². The highest BCUT2D eigenvalue weighted by Gasteiger charge is 2.25. The first-order valence-corrected chi connectivity index (χ1v) is 7.68. The number of rotatable bonds is 6. The van der Waals surface area contributed by atoms with Crippen molar-refractivity contribution < 1.29 is 4.79 Å². The fraction of sp³-hybridized carbons (Fsp3) is 0.933. The Morgan fingerprint density at radius 3 is 2.26 bits per heavy atom. The van der Waals surface area contributed by atoms with Gasteiger partial charge in [0.25, 0.3) is 0 Å². The monoisotopic (exact) mass is 269 g/mol. The van der Waals surface area contributed by atoms with Gasteiger partial charge in [0.1, 0.15) is 0 Å². The number of likely N-dealkylation sites (tertiary alicyclic amines) is 1. The first kappa shape index (κ1) is 16.4. The molecule has 0 radical (unpaired) electrons. The minimum Gasteiger partial charge on any atom is -0.353 e. The summed E-state index contributed by atoms with van der Waals surface area (Å²) in [7, 11) is 0. The molecule has 3 N–H and O–H groups in total. The summed E-state index contributed by atoms with van der Waals surface area (Å²) in [6, 6.07) is 0.943. The van der Waals surface area contributed by atoms with Crippen LogP contribution in [0.2, 0.25) is 0 Å².